The van der Waals surface area contributed by atoms with Crippen molar-refractivity contribution in [3.63, 3.8) is 0 Å². The average Bonchev–Trinajstić information content (AvgIpc) is 3.10. The maximum absolute atomic E-state index is 12.8. The molecular weight excluding hydrogens is 350 g/mol. The van der Waals surface area contributed by atoms with Gasteiger partial charge in [0.1, 0.15) is 0 Å². The van der Waals surface area contributed by atoms with Crippen LogP contribution in [0.2, 0.25) is 0 Å². The number of carbonyl (C=O) groups excluding carboxylic acids is 1. The first-order valence-electron chi connectivity index (χ1n) is 8.90. The molecule has 1 fully saturated rings. The topological polar surface area (TPSA) is 72.3 Å². The van der Waals surface area contributed by atoms with Gasteiger partial charge in [0.2, 0.25) is 0 Å². The lowest BCUT2D eigenvalue weighted by molar-refractivity contribution is 0.0708. The zero-order chi connectivity index (χ0) is 18.9. The third kappa shape index (κ3) is 3.98. The second kappa shape index (κ2) is 7.23. The van der Waals surface area contributed by atoms with Crippen molar-refractivity contribution in [2.75, 3.05) is 18.1 Å². The number of aromatic nitrogens is 2. The molecule has 0 unspecified atom stereocenters. The van der Waals surface area contributed by atoms with Crippen molar-refractivity contribution in [1.29, 1.82) is 0 Å². The van der Waals surface area contributed by atoms with Gasteiger partial charge in [0, 0.05) is 23.8 Å². The summed E-state index contributed by atoms with van der Waals surface area (Å²) in [6, 6.07) is 9.32. The number of sulfone groups is 1. The molecule has 1 amide bonds. The summed E-state index contributed by atoms with van der Waals surface area (Å²) in [5.74, 6) is 0.137. The van der Waals surface area contributed by atoms with E-state index >= 15 is 0 Å². The predicted octanol–water partition coefficient (Wildman–Crippen LogP) is 2.20. The van der Waals surface area contributed by atoms with Gasteiger partial charge in [-0.05, 0) is 51.0 Å². The van der Waals surface area contributed by atoms with Crippen LogP contribution in [0.5, 0.6) is 0 Å². The minimum absolute atomic E-state index is 0.0720. The lowest BCUT2D eigenvalue weighted by Crippen LogP contribution is -2.40. The van der Waals surface area contributed by atoms with E-state index in [0.717, 1.165) is 17.0 Å². The molecule has 140 valence electrons. The summed E-state index contributed by atoms with van der Waals surface area (Å²) in [5.41, 5.74) is 3.74. The third-order valence-corrected chi connectivity index (χ3v) is 6.64. The molecule has 0 bridgehead atoms. The fourth-order valence-corrected chi connectivity index (χ4v) is 5.25. The maximum Gasteiger partial charge on any atom is 0.254 e. The fourth-order valence-electron chi connectivity index (χ4n) is 3.52. The minimum atomic E-state index is -3.01. The molecule has 1 saturated heterocycles. The summed E-state index contributed by atoms with van der Waals surface area (Å²) in [6.45, 7) is 7.04. The largest absolute Gasteiger partial charge is 0.335 e. The number of nitrogens with zero attached hydrogens (tertiary/aromatic N) is 3. The third-order valence-electron chi connectivity index (χ3n) is 4.89. The van der Waals surface area contributed by atoms with Gasteiger partial charge in [0.25, 0.3) is 5.91 Å². The molecule has 0 radical (unpaired) electrons. The lowest BCUT2D eigenvalue weighted by Gasteiger charge is -2.27. The summed E-state index contributed by atoms with van der Waals surface area (Å²) >= 11 is 0. The Balaban J connectivity index is 1.72. The van der Waals surface area contributed by atoms with Crippen LogP contribution in [0.1, 0.15) is 40.7 Å². The van der Waals surface area contributed by atoms with Crippen LogP contribution >= 0.6 is 0 Å². The van der Waals surface area contributed by atoms with E-state index in [2.05, 4.69) is 5.10 Å². The van der Waals surface area contributed by atoms with Gasteiger partial charge in [-0.1, -0.05) is 12.1 Å². The van der Waals surface area contributed by atoms with Gasteiger partial charge < -0.3 is 4.90 Å². The number of carbonyl (C=O) groups is 1. The Kier molecular flexibility index (Phi) is 5.18. The first-order chi connectivity index (χ1) is 12.3. The first kappa shape index (κ1) is 18.6. The van der Waals surface area contributed by atoms with Gasteiger partial charge in [-0.25, -0.2) is 8.42 Å². The van der Waals surface area contributed by atoms with Crippen molar-refractivity contribution >= 4 is 15.7 Å². The zero-order valence-electron chi connectivity index (χ0n) is 15.5. The lowest BCUT2D eigenvalue weighted by atomic mass is 10.1. The molecule has 2 heterocycles. The summed E-state index contributed by atoms with van der Waals surface area (Å²) in [5, 5.41) is 4.46. The van der Waals surface area contributed by atoms with Crippen LogP contribution in [0.15, 0.2) is 30.3 Å². The average molecular weight is 375 g/mol. The summed E-state index contributed by atoms with van der Waals surface area (Å²) in [4.78, 5) is 14.5. The number of benzene rings is 1. The summed E-state index contributed by atoms with van der Waals surface area (Å²) in [7, 11) is -3.01. The van der Waals surface area contributed by atoms with Gasteiger partial charge in [0.15, 0.2) is 9.84 Å². The Hall–Kier alpha value is -2.15. The van der Waals surface area contributed by atoms with Gasteiger partial charge in [0.05, 0.1) is 23.7 Å². The minimum Gasteiger partial charge on any atom is -0.335 e. The van der Waals surface area contributed by atoms with Gasteiger partial charge >= 0.3 is 0 Å². The van der Waals surface area contributed by atoms with Crippen molar-refractivity contribution in [2.45, 2.75) is 39.8 Å². The Morgan fingerprint density at radius 1 is 1.27 bits per heavy atom. The van der Waals surface area contributed by atoms with Crippen LogP contribution in [0.3, 0.4) is 0 Å². The molecule has 26 heavy (non-hydrogen) atoms. The van der Waals surface area contributed by atoms with E-state index in [0.29, 0.717) is 25.1 Å². The van der Waals surface area contributed by atoms with Crippen molar-refractivity contribution in [2.24, 2.45) is 0 Å². The molecular formula is C19H25N3O3S. The van der Waals surface area contributed by atoms with Crippen LogP contribution < -0.4 is 0 Å². The highest BCUT2D eigenvalue weighted by Gasteiger charge is 2.34. The highest BCUT2D eigenvalue weighted by atomic mass is 32.2. The first-order valence-corrected chi connectivity index (χ1v) is 10.7. The van der Waals surface area contributed by atoms with Gasteiger partial charge in [-0.3, -0.25) is 9.48 Å². The highest BCUT2D eigenvalue weighted by Crippen LogP contribution is 2.20. The number of hydrogen-bond donors (Lipinski definition) is 0. The van der Waals surface area contributed by atoms with Crippen LogP contribution in [0.4, 0.5) is 0 Å². The second-order valence-electron chi connectivity index (χ2n) is 6.93. The molecule has 0 saturated carbocycles. The van der Waals surface area contributed by atoms with Gasteiger partial charge in [-0.15, -0.1) is 0 Å². The normalized spacial score (nSPS) is 18.8. The number of hydrogen-bond acceptors (Lipinski definition) is 4. The zero-order valence-corrected chi connectivity index (χ0v) is 16.3. The van der Waals surface area contributed by atoms with E-state index in [9.17, 15) is 13.2 Å². The Morgan fingerprint density at radius 2 is 1.96 bits per heavy atom. The molecule has 2 aromatic rings. The van der Waals surface area contributed by atoms with E-state index in [1.165, 1.54) is 0 Å². The molecule has 1 aromatic carbocycles. The van der Waals surface area contributed by atoms with Crippen molar-refractivity contribution < 1.29 is 13.2 Å². The van der Waals surface area contributed by atoms with Crippen molar-refractivity contribution in [3.8, 4) is 0 Å². The van der Waals surface area contributed by atoms with Crippen LogP contribution in [-0.4, -0.2) is 53.1 Å². The van der Waals surface area contributed by atoms with Crippen molar-refractivity contribution in [3.05, 3.63) is 52.8 Å². The summed E-state index contributed by atoms with van der Waals surface area (Å²) < 4.78 is 25.4. The quantitative estimate of drug-likeness (QED) is 0.803. The van der Waals surface area contributed by atoms with E-state index < -0.39 is 9.84 Å². The Labute approximate surface area is 154 Å². The molecule has 1 aliphatic rings. The van der Waals surface area contributed by atoms with Crippen LogP contribution in [-0.2, 0) is 16.4 Å². The Morgan fingerprint density at radius 3 is 2.46 bits per heavy atom. The molecule has 7 heteroatoms. The predicted molar refractivity (Wildman–Crippen MR) is 101 cm³/mol. The maximum atomic E-state index is 12.8. The molecule has 1 atom stereocenters. The molecule has 0 aliphatic carbocycles. The molecule has 0 spiro atoms. The van der Waals surface area contributed by atoms with Crippen molar-refractivity contribution in [1.82, 2.24) is 14.7 Å². The number of aryl methyl sites for hydroxylation is 2. The Bertz CT molecular complexity index is 901. The molecule has 1 aromatic heterocycles. The molecule has 6 nitrogen and oxygen atoms in total. The van der Waals surface area contributed by atoms with Crippen LogP contribution in [0, 0.1) is 13.8 Å². The monoisotopic (exact) mass is 375 g/mol. The smallest absolute Gasteiger partial charge is 0.254 e. The van der Waals surface area contributed by atoms with Gasteiger partial charge in [-0.2, -0.15) is 5.10 Å². The van der Waals surface area contributed by atoms with E-state index in [-0.39, 0.29) is 23.5 Å². The second-order valence-corrected chi connectivity index (χ2v) is 9.16. The number of amides is 1. The number of rotatable bonds is 5. The SMILES string of the molecule is CCN(C(=O)c1ccc(Cn2nc(C)cc2C)cc1)[C@H]1CCS(=O)(=O)C1. The van der Waals surface area contributed by atoms with E-state index in [4.69, 9.17) is 0 Å². The molecule has 0 N–H and O–H groups in total. The summed E-state index contributed by atoms with van der Waals surface area (Å²) in [6.07, 6.45) is 0.526. The standard InChI is InChI=1S/C19H25N3O3S/c1-4-21(18-9-10-26(24,25)13-18)19(23)17-7-5-16(6-8-17)12-22-15(3)11-14(2)20-22/h5-8,11,18H,4,9-10,12-13H2,1-3H3/t18-/m0/s1. The highest BCUT2D eigenvalue weighted by molar-refractivity contribution is 7.91. The van der Waals surface area contributed by atoms with E-state index in [1.54, 1.807) is 4.90 Å². The molecule has 3 rings (SSSR count). The molecule has 1 aliphatic heterocycles. The fraction of sp³-hybridized carbons (Fsp3) is 0.474. The van der Waals surface area contributed by atoms with Crippen LogP contribution in [0.25, 0.3) is 0 Å². The van der Waals surface area contributed by atoms with E-state index in [1.807, 2.05) is 55.8 Å².